The van der Waals surface area contributed by atoms with Gasteiger partial charge in [0.25, 0.3) is 0 Å². The van der Waals surface area contributed by atoms with Gasteiger partial charge in [-0.1, -0.05) is 222 Å². The number of rotatable bonds is 22. The third kappa shape index (κ3) is 25.3. The summed E-state index contributed by atoms with van der Waals surface area (Å²) in [6, 6.07) is 9.34. The molecule has 0 aromatic heterocycles. The summed E-state index contributed by atoms with van der Waals surface area (Å²) in [6.45, 7) is 35.4. The van der Waals surface area contributed by atoms with Crippen molar-refractivity contribution in [1.82, 2.24) is 0 Å². The van der Waals surface area contributed by atoms with Gasteiger partial charge in [-0.3, -0.25) is 0 Å². The molecule has 13 rings (SSSR count). The summed E-state index contributed by atoms with van der Waals surface area (Å²) in [4.78, 5) is 0.665. The lowest BCUT2D eigenvalue weighted by Gasteiger charge is -2.44. The molecule has 0 saturated heterocycles. The second-order valence-corrected chi connectivity index (χ2v) is 48.7. The van der Waals surface area contributed by atoms with Crippen LogP contribution in [0, 0.1) is 85.6 Å². The SMILES string of the molecule is C=C1CC[C@H](O)C/C1=C/C=C1\CCC[C@@]2(C)C1CCC2C(C)CCS(=N)(=O)c1ccccc1.C=C1CC[C@H](O)C/C1=C/C=C1\CCC[C@]2(C)C(C(C)C/C=C/S(C)(=O)=O)CC[C@@H]12.C=C1CC[C@H](O)C/C1=C/C=C1\CCC[C@]2(C)C([C@H](C)C/C=C(\F)S(C)(=O)=O)=CC[C@@H]12.C=C1CC[C@H](O)C/C1=C/C=C1\CCC[C@]2(C)C([C@H](C)CCCS(C)(=O)=O)=CC[C@@H]12. The molecule has 0 bridgehead atoms. The van der Waals surface area contributed by atoms with Crippen molar-refractivity contribution in [3.63, 3.8) is 0 Å². The predicted molar refractivity (Wildman–Crippen MR) is 501 cm³/mol. The van der Waals surface area contributed by atoms with Crippen LogP contribution in [-0.2, 0) is 39.2 Å². The second-order valence-electron chi connectivity index (χ2n) is 40.3. The molecular formula is C104H152FNO11S4. The van der Waals surface area contributed by atoms with E-state index < -0.39 is 44.4 Å². The van der Waals surface area contributed by atoms with Gasteiger partial charge in [-0.2, -0.15) is 4.39 Å². The molecular weight excluding hydrogens is 1590 g/mol. The van der Waals surface area contributed by atoms with Crippen molar-refractivity contribution in [1.29, 1.82) is 4.78 Å². The zero-order chi connectivity index (χ0) is 88.2. The maximum Gasteiger partial charge on any atom is 0.210 e. The Kier molecular flexibility index (Phi) is 34.0. The molecule has 0 radical (unpaired) electrons. The summed E-state index contributed by atoms with van der Waals surface area (Å²) in [5.41, 5.74) is 19.4. The van der Waals surface area contributed by atoms with Gasteiger partial charge < -0.3 is 20.4 Å². The molecule has 0 heterocycles. The Morgan fingerprint density at radius 3 is 1.25 bits per heavy atom. The molecule has 10 saturated carbocycles. The monoisotopic (exact) mass is 1740 g/mol. The maximum atomic E-state index is 13.8. The molecule has 12 aliphatic carbocycles. The highest BCUT2D eigenvalue weighted by Gasteiger charge is 2.53. The lowest BCUT2D eigenvalue weighted by atomic mass is 9.61. The number of aliphatic hydroxyl groups is 4. The Balaban J connectivity index is 0.000000170. The van der Waals surface area contributed by atoms with Crippen molar-refractivity contribution in [2.24, 2.45) is 80.8 Å². The van der Waals surface area contributed by atoms with Crippen molar-refractivity contribution in [2.75, 3.05) is 30.3 Å². The Morgan fingerprint density at radius 2 is 0.860 bits per heavy atom. The zero-order valence-electron chi connectivity index (χ0n) is 75.6. The minimum Gasteiger partial charge on any atom is -0.393 e. The van der Waals surface area contributed by atoms with Gasteiger partial charge in [0, 0.05) is 40.6 Å². The molecule has 670 valence electrons. The van der Waals surface area contributed by atoms with E-state index in [1.807, 2.05) is 36.4 Å². The van der Waals surface area contributed by atoms with Crippen molar-refractivity contribution >= 4 is 39.2 Å². The summed E-state index contributed by atoms with van der Waals surface area (Å²) in [5.74, 6) is 5.76. The van der Waals surface area contributed by atoms with E-state index in [9.17, 15) is 54.3 Å². The third-order valence-corrected chi connectivity index (χ3v) is 35.9. The van der Waals surface area contributed by atoms with E-state index in [2.05, 4.69) is 142 Å². The highest BCUT2D eigenvalue weighted by atomic mass is 32.2. The van der Waals surface area contributed by atoms with Gasteiger partial charge in [0.15, 0.2) is 9.84 Å². The number of halogens is 1. The van der Waals surface area contributed by atoms with Gasteiger partial charge in [0.2, 0.25) is 15.0 Å². The van der Waals surface area contributed by atoms with Gasteiger partial charge in [0.05, 0.1) is 34.1 Å². The van der Waals surface area contributed by atoms with E-state index >= 15 is 0 Å². The fourth-order valence-corrected chi connectivity index (χ4v) is 27.6. The first-order valence-electron chi connectivity index (χ1n) is 46.3. The number of fused-ring (bicyclic) bond motifs is 4. The van der Waals surface area contributed by atoms with E-state index in [4.69, 9.17) is 4.78 Å². The highest BCUT2D eigenvalue weighted by Crippen LogP contribution is 2.63. The molecule has 0 amide bonds. The fraction of sp³-hybridized carbons (Fsp3) is 0.635. The van der Waals surface area contributed by atoms with Crippen LogP contribution in [0.3, 0.4) is 0 Å². The molecule has 12 nitrogen and oxygen atoms in total. The van der Waals surface area contributed by atoms with Gasteiger partial charge in [0.1, 0.15) is 9.84 Å². The normalized spacial score (nSPS) is 35.3. The second kappa shape index (κ2) is 42.0. The summed E-state index contributed by atoms with van der Waals surface area (Å²) in [6.07, 6.45) is 63.3. The number of hydrogen-bond donors (Lipinski definition) is 5. The number of benzene rings is 1. The standard InChI is InChI=1S/C29H41NO2S.C25H35FO3S.2C25H38O3S/c1-21-11-14-25(31)20-24(21)13-12-23-8-7-18-29(3)27(15-16-28(23)29)22(2)17-19-33(30,32)26-9-5-4-6-10-26;1-17-7-11-21(27)16-20(17)10-9-19-6-5-15-25(3)22(12-13-23(19)25)18(2)8-14-24(26)30(4,28)29;2*1-18-9-12-22(26)17-21(18)11-10-20-8-5-15-25(3)23(13-14-24(20)25)19(2)7-6-16-29(4,27)28/h4-6,9-10,12-13,22,25,27-28,30-31H,1,7-8,11,14-20H2,2-3H3;9-10,12,14,18,21,23,27H,1,5-8,11,13,15-16H2,2-4H3;10-11,13,19,22,24,26H,1,5-9,12,14-17H2,2-4H3;6,10-11,16,19,22-24,26H,1,5,7-9,12-15,17H2,2-4H3/b23-12+,24-13-;19-9+,20-10-,24-14+;20-10+,21-11-;16-6+,20-10+,21-11-/t22?,25-,27?,28?,29+,33?;18-,21+,23+,25-;19-,22+,24+,25-;19?,22-,23?,24-,25+/m0110/s1. The lowest BCUT2D eigenvalue weighted by molar-refractivity contribution is 0.0964. The van der Waals surface area contributed by atoms with Crippen LogP contribution in [0.1, 0.15) is 280 Å². The average Bonchev–Trinajstić information content (AvgIpc) is 1.64. The number of hydrogen-bond acceptors (Lipinski definition) is 12. The topological polar surface area (TPSA) is 224 Å². The van der Waals surface area contributed by atoms with Crippen molar-refractivity contribution in [2.45, 2.75) is 309 Å². The fourth-order valence-electron chi connectivity index (χ4n) is 24.5. The van der Waals surface area contributed by atoms with Crippen LogP contribution in [0.2, 0.25) is 0 Å². The Hall–Kier alpha value is -5.37. The molecule has 121 heavy (non-hydrogen) atoms. The zero-order valence-corrected chi connectivity index (χ0v) is 78.9. The molecule has 1 aromatic carbocycles. The molecule has 1 aromatic rings. The van der Waals surface area contributed by atoms with Gasteiger partial charge in [-0.05, 0) is 346 Å². The minimum absolute atomic E-state index is 0.0422. The molecule has 19 atom stereocenters. The first kappa shape index (κ1) is 97.8. The number of sulfone groups is 3. The van der Waals surface area contributed by atoms with E-state index in [1.54, 1.807) is 16.7 Å². The molecule has 6 unspecified atom stereocenters. The van der Waals surface area contributed by atoms with Gasteiger partial charge in [-0.15, -0.1) is 0 Å². The first-order chi connectivity index (χ1) is 56.9. The van der Waals surface area contributed by atoms with Crippen molar-refractivity contribution in [3.8, 4) is 0 Å². The molecule has 0 spiro atoms. The van der Waals surface area contributed by atoms with Gasteiger partial charge >= 0.3 is 0 Å². The number of nitrogens with one attached hydrogen (secondary N) is 1. The largest absolute Gasteiger partial charge is 0.393 e. The first-order valence-corrected chi connectivity index (χ1v) is 53.9. The average molecular weight is 1740 g/mol. The maximum absolute atomic E-state index is 13.8. The highest BCUT2D eigenvalue weighted by molar-refractivity contribution is 7.94. The summed E-state index contributed by atoms with van der Waals surface area (Å²) < 4.78 is 104. The summed E-state index contributed by atoms with van der Waals surface area (Å²) in [5, 5.41) is 40.4. The van der Waals surface area contributed by atoms with Crippen molar-refractivity contribution in [3.05, 3.63) is 218 Å². The van der Waals surface area contributed by atoms with E-state index in [0.717, 1.165) is 152 Å². The quantitative estimate of drug-likeness (QED) is 0.0687. The third-order valence-electron chi connectivity index (χ3n) is 31.5. The van der Waals surface area contributed by atoms with Crippen LogP contribution in [0.5, 0.6) is 0 Å². The molecule has 12 aliphatic rings. The summed E-state index contributed by atoms with van der Waals surface area (Å²) in [7, 11) is -12.4. The molecule has 0 aliphatic heterocycles. The minimum atomic E-state index is -3.76. The van der Waals surface area contributed by atoms with Crippen LogP contribution >= 0.6 is 0 Å². The Labute approximate surface area is 731 Å². The summed E-state index contributed by atoms with van der Waals surface area (Å²) >= 11 is 0. The lowest BCUT2D eigenvalue weighted by Crippen LogP contribution is -2.36. The van der Waals surface area contributed by atoms with Crippen LogP contribution < -0.4 is 0 Å². The number of aliphatic hydroxyl groups excluding tert-OH is 4. The van der Waals surface area contributed by atoms with E-state index in [-0.39, 0.29) is 41.2 Å². The van der Waals surface area contributed by atoms with E-state index in [1.165, 1.54) is 151 Å². The van der Waals surface area contributed by atoms with Gasteiger partial charge in [-0.25, -0.2) is 34.2 Å². The van der Waals surface area contributed by atoms with Crippen LogP contribution in [0.25, 0.3) is 0 Å². The number of allylic oxidation sites excluding steroid dienone is 22. The van der Waals surface area contributed by atoms with Crippen LogP contribution in [-0.4, -0.2) is 105 Å². The molecule has 17 heteroatoms. The van der Waals surface area contributed by atoms with E-state index in [0.29, 0.717) is 93.3 Å². The van der Waals surface area contributed by atoms with Crippen molar-refractivity contribution < 1.29 is 54.3 Å². The molecule has 5 N–H and O–H groups in total. The van der Waals surface area contributed by atoms with Crippen LogP contribution in [0.4, 0.5) is 4.39 Å². The Bertz CT molecular complexity index is 4790. The molecule has 10 fully saturated rings. The van der Waals surface area contributed by atoms with Crippen LogP contribution in [0.15, 0.2) is 223 Å². The Morgan fingerprint density at radius 1 is 0.479 bits per heavy atom. The predicted octanol–water partition coefficient (Wildman–Crippen LogP) is 24.5. The smallest absolute Gasteiger partial charge is 0.210 e.